The summed E-state index contributed by atoms with van der Waals surface area (Å²) >= 11 is 9.12. The van der Waals surface area contributed by atoms with E-state index in [1.165, 1.54) is 17.4 Å². The van der Waals surface area contributed by atoms with Gasteiger partial charge in [-0.3, -0.25) is 4.79 Å². The van der Waals surface area contributed by atoms with Crippen LogP contribution in [0.4, 0.5) is 0 Å². The van der Waals surface area contributed by atoms with E-state index in [1.807, 2.05) is 47.2 Å². The molecule has 1 amide bonds. The molecule has 3 aromatic rings. The maximum Gasteiger partial charge on any atom is 0.272 e. The molecular formula is C18H17ClN2O2S2. The molecule has 0 spiro atoms. The molecule has 130 valence electrons. The maximum atomic E-state index is 12.2. The number of hydrogen-bond donors (Lipinski definition) is 0. The van der Waals surface area contributed by atoms with Crippen molar-refractivity contribution in [1.29, 1.82) is 0 Å². The van der Waals surface area contributed by atoms with Gasteiger partial charge in [-0.15, -0.1) is 11.3 Å². The number of thiophene rings is 1. The molecule has 0 unspecified atom stereocenters. The molecule has 0 saturated carbocycles. The first-order valence-electron chi connectivity index (χ1n) is 7.84. The number of halogens is 1. The summed E-state index contributed by atoms with van der Waals surface area (Å²) in [6.07, 6.45) is 3.28. The first-order chi connectivity index (χ1) is 12.2. The quantitative estimate of drug-likeness (QED) is 0.454. The van der Waals surface area contributed by atoms with Gasteiger partial charge in [0.05, 0.1) is 16.8 Å². The lowest BCUT2D eigenvalue weighted by molar-refractivity contribution is -0.113. The van der Waals surface area contributed by atoms with Crippen molar-refractivity contribution < 1.29 is 9.53 Å². The summed E-state index contributed by atoms with van der Waals surface area (Å²) in [7, 11) is 0. The van der Waals surface area contributed by atoms with Crippen LogP contribution < -0.4 is 4.80 Å². The molecule has 0 bridgehead atoms. The summed E-state index contributed by atoms with van der Waals surface area (Å²) in [5.74, 6) is -0.281. The van der Waals surface area contributed by atoms with Gasteiger partial charge in [0.25, 0.3) is 5.91 Å². The molecule has 0 fully saturated rings. The third-order valence-electron chi connectivity index (χ3n) is 3.45. The van der Waals surface area contributed by atoms with Crippen LogP contribution in [-0.2, 0) is 16.1 Å². The van der Waals surface area contributed by atoms with E-state index < -0.39 is 0 Å². The van der Waals surface area contributed by atoms with Gasteiger partial charge in [0.1, 0.15) is 0 Å². The maximum absolute atomic E-state index is 12.2. The highest BCUT2D eigenvalue weighted by Gasteiger charge is 2.08. The predicted octanol–water partition coefficient (Wildman–Crippen LogP) is 4.59. The monoisotopic (exact) mass is 392 g/mol. The van der Waals surface area contributed by atoms with Gasteiger partial charge in [-0.1, -0.05) is 29.0 Å². The fourth-order valence-corrected chi connectivity index (χ4v) is 4.28. The summed E-state index contributed by atoms with van der Waals surface area (Å²) in [5, 5.41) is 2.64. The molecule has 7 heteroatoms. The zero-order chi connectivity index (χ0) is 17.6. The van der Waals surface area contributed by atoms with E-state index in [0.29, 0.717) is 29.6 Å². The zero-order valence-corrected chi connectivity index (χ0v) is 16.0. The first kappa shape index (κ1) is 18.1. The van der Waals surface area contributed by atoms with E-state index in [2.05, 4.69) is 4.99 Å². The predicted molar refractivity (Wildman–Crippen MR) is 105 cm³/mol. The molecule has 0 aliphatic heterocycles. The van der Waals surface area contributed by atoms with E-state index in [0.717, 1.165) is 15.1 Å². The van der Waals surface area contributed by atoms with E-state index in [1.54, 1.807) is 17.4 Å². The third kappa shape index (κ3) is 4.67. The van der Waals surface area contributed by atoms with Gasteiger partial charge in [-0.25, -0.2) is 0 Å². The Morgan fingerprint density at radius 2 is 2.28 bits per heavy atom. The normalized spacial score (nSPS) is 12.5. The SMILES string of the molecule is CCOCCn1c(=NC(=O)/C=C/c2cccs2)sc2cc(Cl)ccc21. The van der Waals surface area contributed by atoms with Crippen LogP contribution in [0.3, 0.4) is 0 Å². The van der Waals surface area contributed by atoms with E-state index in [4.69, 9.17) is 16.3 Å². The van der Waals surface area contributed by atoms with Crippen molar-refractivity contribution in [3.8, 4) is 0 Å². The van der Waals surface area contributed by atoms with Crippen molar-refractivity contribution in [2.75, 3.05) is 13.2 Å². The van der Waals surface area contributed by atoms with Gasteiger partial charge < -0.3 is 9.30 Å². The largest absolute Gasteiger partial charge is 0.380 e. The van der Waals surface area contributed by atoms with Gasteiger partial charge in [0, 0.05) is 29.1 Å². The van der Waals surface area contributed by atoms with Crippen LogP contribution in [0.1, 0.15) is 11.8 Å². The van der Waals surface area contributed by atoms with Crippen molar-refractivity contribution in [2.24, 2.45) is 4.99 Å². The van der Waals surface area contributed by atoms with Crippen LogP contribution in [-0.4, -0.2) is 23.7 Å². The smallest absolute Gasteiger partial charge is 0.272 e. The highest BCUT2D eigenvalue weighted by molar-refractivity contribution is 7.16. The molecule has 0 saturated heterocycles. The number of rotatable bonds is 6. The molecule has 0 radical (unpaired) electrons. The Bertz CT molecular complexity index is 955. The van der Waals surface area contributed by atoms with Crippen molar-refractivity contribution in [1.82, 2.24) is 4.57 Å². The summed E-state index contributed by atoms with van der Waals surface area (Å²) in [5.41, 5.74) is 1.00. The Labute approximate surface area is 158 Å². The Morgan fingerprint density at radius 1 is 1.40 bits per heavy atom. The molecule has 2 aromatic heterocycles. The Kier molecular flexibility index (Phi) is 6.20. The molecule has 0 aliphatic carbocycles. The van der Waals surface area contributed by atoms with Crippen LogP contribution in [0.25, 0.3) is 16.3 Å². The summed E-state index contributed by atoms with van der Waals surface area (Å²) in [6, 6.07) is 9.59. The molecule has 0 aliphatic rings. The minimum absolute atomic E-state index is 0.281. The molecule has 0 atom stereocenters. The summed E-state index contributed by atoms with van der Waals surface area (Å²) in [4.78, 5) is 18.2. The number of carbonyl (C=O) groups is 1. The lowest BCUT2D eigenvalue weighted by atomic mass is 10.3. The number of benzene rings is 1. The summed E-state index contributed by atoms with van der Waals surface area (Å²) < 4.78 is 8.46. The van der Waals surface area contributed by atoms with Gasteiger partial charge in [-0.05, 0) is 42.6 Å². The van der Waals surface area contributed by atoms with Crippen molar-refractivity contribution in [2.45, 2.75) is 13.5 Å². The number of thiazole rings is 1. The van der Waals surface area contributed by atoms with Crippen molar-refractivity contribution in [3.05, 3.63) is 56.5 Å². The minimum atomic E-state index is -0.281. The molecule has 2 heterocycles. The Morgan fingerprint density at radius 3 is 3.04 bits per heavy atom. The molecular weight excluding hydrogens is 376 g/mol. The average molecular weight is 393 g/mol. The molecule has 0 N–H and O–H groups in total. The minimum Gasteiger partial charge on any atom is -0.380 e. The number of hydrogen-bond acceptors (Lipinski definition) is 4. The second-order valence-corrected chi connectivity index (χ2v) is 7.57. The molecule has 4 nitrogen and oxygen atoms in total. The topological polar surface area (TPSA) is 43.6 Å². The number of amides is 1. The Balaban J connectivity index is 1.95. The van der Waals surface area contributed by atoms with Gasteiger partial charge in [-0.2, -0.15) is 4.99 Å². The van der Waals surface area contributed by atoms with E-state index in [9.17, 15) is 4.79 Å². The Hall–Kier alpha value is -1.73. The van der Waals surface area contributed by atoms with E-state index in [-0.39, 0.29) is 5.91 Å². The second kappa shape index (κ2) is 8.58. The van der Waals surface area contributed by atoms with Crippen LogP contribution in [0.15, 0.2) is 46.8 Å². The number of fused-ring (bicyclic) bond motifs is 1. The highest BCUT2D eigenvalue weighted by Crippen LogP contribution is 2.22. The number of nitrogens with zero attached hydrogens (tertiary/aromatic N) is 2. The molecule has 1 aromatic carbocycles. The van der Waals surface area contributed by atoms with E-state index >= 15 is 0 Å². The zero-order valence-electron chi connectivity index (χ0n) is 13.6. The number of aromatic nitrogens is 1. The van der Waals surface area contributed by atoms with Gasteiger partial charge in [0.15, 0.2) is 4.80 Å². The fourth-order valence-electron chi connectivity index (χ4n) is 2.32. The van der Waals surface area contributed by atoms with Crippen LogP contribution in [0, 0.1) is 0 Å². The van der Waals surface area contributed by atoms with Crippen molar-refractivity contribution >= 4 is 56.5 Å². The summed E-state index contributed by atoms with van der Waals surface area (Å²) in [6.45, 7) is 3.82. The van der Waals surface area contributed by atoms with Gasteiger partial charge >= 0.3 is 0 Å². The van der Waals surface area contributed by atoms with Crippen LogP contribution >= 0.6 is 34.3 Å². The second-order valence-electron chi connectivity index (χ2n) is 5.14. The number of carbonyl (C=O) groups excluding carboxylic acids is 1. The highest BCUT2D eigenvalue weighted by atomic mass is 35.5. The van der Waals surface area contributed by atoms with Crippen molar-refractivity contribution in [3.63, 3.8) is 0 Å². The lowest BCUT2D eigenvalue weighted by Gasteiger charge is -2.05. The third-order valence-corrected chi connectivity index (χ3v) is 5.56. The fraction of sp³-hybridized carbons (Fsp3) is 0.222. The molecule has 3 rings (SSSR count). The standard InChI is InChI=1S/C18H17ClN2O2S2/c1-2-23-10-9-21-15-7-5-13(19)12-16(15)25-18(21)20-17(22)8-6-14-4-3-11-24-14/h3-8,11-12H,2,9-10H2,1H3/b8-6+,20-18?. The molecule has 25 heavy (non-hydrogen) atoms. The number of ether oxygens (including phenoxy) is 1. The first-order valence-corrected chi connectivity index (χ1v) is 9.91. The van der Waals surface area contributed by atoms with Crippen LogP contribution in [0.5, 0.6) is 0 Å². The average Bonchev–Trinajstić information content (AvgIpc) is 3.21. The lowest BCUT2D eigenvalue weighted by Crippen LogP contribution is -2.19. The van der Waals surface area contributed by atoms with Crippen LogP contribution in [0.2, 0.25) is 5.02 Å². The van der Waals surface area contributed by atoms with Gasteiger partial charge in [0.2, 0.25) is 0 Å².